The van der Waals surface area contributed by atoms with Crippen LogP contribution in [0.15, 0.2) is 0 Å². The lowest BCUT2D eigenvalue weighted by atomic mass is 10.2. The first-order valence-corrected chi connectivity index (χ1v) is 5.98. The van der Waals surface area contributed by atoms with Crippen molar-refractivity contribution in [3.05, 3.63) is 0 Å². The average Bonchev–Trinajstić information content (AvgIpc) is 2.09. The van der Waals surface area contributed by atoms with Crippen LogP contribution < -0.4 is 5.32 Å². The van der Waals surface area contributed by atoms with Crippen LogP contribution in [-0.2, 0) is 0 Å². The Morgan fingerprint density at radius 1 is 1.58 bits per heavy atom. The van der Waals surface area contributed by atoms with Gasteiger partial charge in [0.1, 0.15) is 0 Å². The fraction of sp³-hybridized carbons (Fsp3) is 1.00. The van der Waals surface area contributed by atoms with Crippen molar-refractivity contribution in [2.45, 2.75) is 19.4 Å². The van der Waals surface area contributed by atoms with E-state index in [1.807, 2.05) is 0 Å². The van der Waals surface area contributed by atoms with E-state index in [2.05, 4.69) is 35.9 Å². The van der Waals surface area contributed by atoms with Gasteiger partial charge in [0.25, 0.3) is 0 Å². The fourth-order valence-corrected chi connectivity index (χ4v) is 2.51. The number of rotatable bonds is 4. The molecule has 0 spiro atoms. The van der Waals surface area contributed by atoms with Crippen LogP contribution >= 0.6 is 11.8 Å². The molecular weight excluding hydrogens is 168 g/mol. The highest BCUT2D eigenvalue weighted by Gasteiger charge is 2.17. The number of likely N-dealkylation sites (N-methyl/N-ethyl adjacent to an activating group) is 1. The second-order valence-corrected chi connectivity index (χ2v) is 4.56. The van der Waals surface area contributed by atoms with Crippen LogP contribution in [0, 0.1) is 0 Å². The first kappa shape index (κ1) is 10.4. The van der Waals surface area contributed by atoms with Gasteiger partial charge in [0.15, 0.2) is 0 Å². The van der Waals surface area contributed by atoms with Crippen molar-refractivity contribution in [2.75, 3.05) is 38.2 Å². The Morgan fingerprint density at radius 2 is 2.42 bits per heavy atom. The van der Waals surface area contributed by atoms with Crippen molar-refractivity contribution in [1.82, 2.24) is 10.2 Å². The summed E-state index contributed by atoms with van der Waals surface area (Å²) in [6, 6.07) is 0.760. The van der Waals surface area contributed by atoms with E-state index in [9.17, 15) is 0 Å². The number of piperazine rings is 1. The highest BCUT2D eigenvalue weighted by atomic mass is 32.2. The number of thioether (sulfide) groups is 1. The van der Waals surface area contributed by atoms with Crippen LogP contribution in [0.5, 0.6) is 0 Å². The molecule has 0 aromatic heterocycles. The van der Waals surface area contributed by atoms with E-state index in [0.717, 1.165) is 12.6 Å². The molecule has 1 rings (SSSR count). The van der Waals surface area contributed by atoms with Crippen LogP contribution in [0.2, 0.25) is 0 Å². The van der Waals surface area contributed by atoms with Gasteiger partial charge in [-0.1, -0.05) is 6.92 Å². The minimum absolute atomic E-state index is 0.760. The molecule has 0 amide bonds. The molecule has 1 saturated heterocycles. The molecule has 72 valence electrons. The van der Waals surface area contributed by atoms with E-state index in [4.69, 9.17) is 0 Å². The van der Waals surface area contributed by atoms with E-state index in [-0.39, 0.29) is 0 Å². The zero-order chi connectivity index (χ0) is 8.81. The Labute approximate surface area is 80.1 Å². The Kier molecular flexibility index (Phi) is 5.04. The predicted molar refractivity (Wildman–Crippen MR) is 56.9 cm³/mol. The molecule has 2 nitrogen and oxygen atoms in total. The van der Waals surface area contributed by atoms with Crippen molar-refractivity contribution in [1.29, 1.82) is 0 Å². The molecule has 1 aliphatic heterocycles. The summed E-state index contributed by atoms with van der Waals surface area (Å²) in [4.78, 5) is 2.47. The molecule has 0 aromatic carbocycles. The lowest BCUT2D eigenvalue weighted by Gasteiger charge is -2.32. The first-order valence-electron chi connectivity index (χ1n) is 4.83. The molecular formula is C9H20N2S. The van der Waals surface area contributed by atoms with Gasteiger partial charge in [-0.3, -0.25) is 0 Å². The van der Waals surface area contributed by atoms with E-state index < -0.39 is 0 Å². The average molecular weight is 188 g/mol. The molecule has 1 fully saturated rings. The monoisotopic (exact) mass is 188 g/mol. The summed E-state index contributed by atoms with van der Waals surface area (Å²) < 4.78 is 0. The minimum Gasteiger partial charge on any atom is -0.314 e. The summed E-state index contributed by atoms with van der Waals surface area (Å²) in [6.45, 7) is 5.78. The normalized spacial score (nSPS) is 26.0. The Morgan fingerprint density at radius 3 is 3.08 bits per heavy atom. The van der Waals surface area contributed by atoms with Crippen LogP contribution in [0.25, 0.3) is 0 Å². The summed E-state index contributed by atoms with van der Waals surface area (Å²) in [5.41, 5.74) is 0. The molecule has 0 aliphatic carbocycles. The zero-order valence-corrected chi connectivity index (χ0v) is 8.99. The standard InChI is InChI=1S/C9H20N2S/c1-3-6-12-8-9-7-10-4-5-11(9)2/h9-10H,3-8H2,1-2H3. The molecule has 0 aromatic rings. The van der Waals surface area contributed by atoms with Gasteiger partial charge in [-0.2, -0.15) is 11.8 Å². The van der Waals surface area contributed by atoms with Gasteiger partial charge in [0.05, 0.1) is 0 Å². The smallest absolute Gasteiger partial charge is 0.0308 e. The number of nitrogens with zero attached hydrogens (tertiary/aromatic N) is 1. The molecule has 1 aliphatic rings. The second kappa shape index (κ2) is 5.84. The van der Waals surface area contributed by atoms with Gasteiger partial charge in [0.2, 0.25) is 0 Å². The highest BCUT2D eigenvalue weighted by molar-refractivity contribution is 7.99. The summed E-state index contributed by atoms with van der Waals surface area (Å²) in [5, 5.41) is 3.44. The summed E-state index contributed by atoms with van der Waals surface area (Å²) in [5.74, 6) is 2.60. The molecule has 3 heteroatoms. The van der Waals surface area contributed by atoms with Gasteiger partial charge in [-0.05, 0) is 19.2 Å². The third-order valence-electron chi connectivity index (χ3n) is 2.30. The van der Waals surface area contributed by atoms with Crippen LogP contribution in [0.3, 0.4) is 0 Å². The number of nitrogens with one attached hydrogen (secondary N) is 1. The SMILES string of the molecule is CCCSCC1CNCCN1C. The quantitative estimate of drug-likeness (QED) is 0.664. The number of hydrogen-bond donors (Lipinski definition) is 1. The molecule has 0 radical (unpaired) electrons. The van der Waals surface area contributed by atoms with E-state index in [1.54, 1.807) is 0 Å². The Bertz CT molecular complexity index is 119. The summed E-state index contributed by atoms with van der Waals surface area (Å²) in [6.07, 6.45) is 1.30. The Hall–Kier alpha value is 0.270. The summed E-state index contributed by atoms with van der Waals surface area (Å²) >= 11 is 2.08. The van der Waals surface area contributed by atoms with Gasteiger partial charge < -0.3 is 10.2 Å². The molecule has 0 bridgehead atoms. The molecule has 1 atom stereocenters. The van der Waals surface area contributed by atoms with Crippen molar-refractivity contribution in [2.24, 2.45) is 0 Å². The topological polar surface area (TPSA) is 15.3 Å². The van der Waals surface area contributed by atoms with Crippen molar-refractivity contribution in [3.63, 3.8) is 0 Å². The number of hydrogen-bond acceptors (Lipinski definition) is 3. The lowest BCUT2D eigenvalue weighted by Crippen LogP contribution is -2.50. The maximum absolute atomic E-state index is 3.44. The molecule has 0 saturated carbocycles. The fourth-order valence-electron chi connectivity index (χ4n) is 1.41. The summed E-state index contributed by atoms with van der Waals surface area (Å²) in [7, 11) is 2.23. The van der Waals surface area contributed by atoms with Crippen LogP contribution in [0.1, 0.15) is 13.3 Å². The highest BCUT2D eigenvalue weighted by Crippen LogP contribution is 2.09. The van der Waals surface area contributed by atoms with Gasteiger partial charge in [0, 0.05) is 31.4 Å². The third kappa shape index (κ3) is 3.33. The van der Waals surface area contributed by atoms with Crippen LogP contribution in [-0.4, -0.2) is 49.1 Å². The molecule has 12 heavy (non-hydrogen) atoms. The third-order valence-corrected chi connectivity index (χ3v) is 3.62. The van der Waals surface area contributed by atoms with Crippen LogP contribution in [0.4, 0.5) is 0 Å². The maximum Gasteiger partial charge on any atom is 0.0308 e. The van der Waals surface area contributed by atoms with E-state index >= 15 is 0 Å². The van der Waals surface area contributed by atoms with Crippen molar-refractivity contribution < 1.29 is 0 Å². The lowest BCUT2D eigenvalue weighted by molar-refractivity contribution is 0.218. The first-order chi connectivity index (χ1) is 5.84. The Balaban J connectivity index is 2.11. The second-order valence-electron chi connectivity index (χ2n) is 3.41. The van der Waals surface area contributed by atoms with Gasteiger partial charge in [-0.25, -0.2) is 0 Å². The van der Waals surface area contributed by atoms with Crippen molar-refractivity contribution >= 4 is 11.8 Å². The molecule has 1 N–H and O–H groups in total. The maximum atomic E-state index is 3.44. The van der Waals surface area contributed by atoms with E-state index in [1.165, 1.54) is 31.0 Å². The van der Waals surface area contributed by atoms with Crippen molar-refractivity contribution in [3.8, 4) is 0 Å². The van der Waals surface area contributed by atoms with E-state index in [0.29, 0.717) is 0 Å². The zero-order valence-electron chi connectivity index (χ0n) is 8.18. The minimum atomic E-state index is 0.760. The molecule has 1 unspecified atom stereocenters. The van der Waals surface area contributed by atoms with Gasteiger partial charge in [-0.15, -0.1) is 0 Å². The predicted octanol–water partition coefficient (Wildman–Crippen LogP) is 1.03. The largest absolute Gasteiger partial charge is 0.314 e. The molecule has 1 heterocycles. The van der Waals surface area contributed by atoms with Gasteiger partial charge >= 0.3 is 0 Å².